The predicted octanol–water partition coefficient (Wildman–Crippen LogP) is 2.00. The first kappa shape index (κ1) is 14.1. The highest BCUT2D eigenvalue weighted by molar-refractivity contribution is 7.80. The van der Waals surface area contributed by atoms with Gasteiger partial charge in [-0.15, -0.1) is 0 Å². The summed E-state index contributed by atoms with van der Waals surface area (Å²) in [6.07, 6.45) is 1.17. The maximum atomic E-state index is 11.3. The molecule has 96 valence electrons. The monoisotopic (exact) mass is 266 g/mol. The van der Waals surface area contributed by atoms with Crippen LogP contribution in [-0.2, 0) is 4.79 Å². The summed E-state index contributed by atoms with van der Waals surface area (Å²) < 4.78 is 0. The molecule has 1 aromatic carbocycles. The first-order valence-electron chi connectivity index (χ1n) is 5.47. The number of carbonyl (C=O) groups is 2. The number of hydrogen-bond acceptors (Lipinski definition) is 3. The van der Waals surface area contributed by atoms with Crippen LogP contribution in [-0.4, -0.2) is 22.1 Å². The minimum atomic E-state index is -0.986. The molecule has 0 fully saturated rings. The maximum Gasteiger partial charge on any atom is 0.335 e. The van der Waals surface area contributed by atoms with Crippen LogP contribution in [0.15, 0.2) is 24.3 Å². The lowest BCUT2D eigenvalue weighted by molar-refractivity contribution is -0.119. The first-order chi connectivity index (χ1) is 8.52. The van der Waals surface area contributed by atoms with Crippen molar-refractivity contribution in [1.29, 1.82) is 0 Å². The van der Waals surface area contributed by atoms with Crippen molar-refractivity contribution in [3.8, 4) is 0 Å². The van der Waals surface area contributed by atoms with Gasteiger partial charge >= 0.3 is 5.97 Å². The molecule has 0 aliphatic carbocycles. The van der Waals surface area contributed by atoms with Crippen molar-refractivity contribution < 1.29 is 14.7 Å². The van der Waals surface area contributed by atoms with Crippen LogP contribution in [0.5, 0.6) is 0 Å². The fourth-order valence-electron chi connectivity index (χ4n) is 1.27. The number of carboxylic acids is 1. The number of benzene rings is 1. The van der Waals surface area contributed by atoms with Gasteiger partial charge in [-0.1, -0.05) is 6.92 Å². The van der Waals surface area contributed by atoms with Crippen molar-refractivity contribution >= 4 is 34.9 Å². The van der Waals surface area contributed by atoms with E-state index >= 15 is 0 Å². The average Bonchev–Trinajstić information content (AvgIpc) is 2.29. The molecule has 0 bridgehead atoms. The molecule has 18 heavy (non-hydrogen) atoms. The van der Waals surface area contributed by atoms with E-state index in [1.54, 1.807) is 12.1 Å². The molecule has 0 unspecified atom stereocenters. The normalized spacial score (nSPS) is 9.61. The summed E-state index contributed by atoms with van der Waals surface area (Å²) in [5, 5.41) is 14.3. The fourth-order valence-corrected chi connectivity index (χ4v) is 1.51. The van der Waals surface area contributed by atoms with E-state index in [1.807, 2.05) is 6.92 Å². The van der Waals surface area contributed by atoms with Gasteiger partial charge in [0.2, 0.25) is 5.91 Å². The molecule has 0 aromatic heterocycles. The highest BCUT2D eigenvalue weighted by Crippen LogP contribution is 2.09. The lowest BCUT2D eigenvalue weighted by atomic mass is 10.2. The second kappa shape index (κ2) is 6.70. The van der Waals surface area contributed by atoms with E-state index in [-0.39, 0.29) is 16.6 Å². The molecule has 0 aliphatic heterocycles. The predicted molar refractivity (Wildman–Crippen MR) is 72.7 cm³/mol. The quantitative estimate of drug-likeness (QED) is 0.726. The van der Waals surface area contributed by atoms with Crippen LogP contribution in [0.3, 0.4) is 0 Å². The zero-order chi connectivity index (χ0) is 13.5. The van der Waals surface area contributed by atoms with Gasteiger partial charge < -0.3 is 15.7 Å². The van der Waals surface area contributed by atoms with Gasteiger partial charge in [0, 0.05) is 12.1 Å². The van der Waals surface area contributed by atoms with E-state index in [0.29, 0.717) is 12.1 Å². The Balaban J connectivity index is 2.54. The molecule has 5 nitrogen and oxygen atoms in total. The van der Waals surface area contributed by atoms with Gasteiger partial charge in [-0.2, -0.15) is 0 Å². The summed E-state index contributed by atoms with van der Waals surface area (Å²) in [7, 11) is 0. The Morgan fingerprint density at radius 2 is 1.89 bits per heavy atom. The number of aromatic carboxylic acids is 1. The molecule has 0 aliphatic rings. The third-order valence-corrected chi connectivity index (χ3v) is 2.32. The van der Waals surface area contributed by atoms with E-state index in [4.69, 9.17) is 17.3 Å². The number of amides is 1. The van der Waals surface area contributed by atoms with Crippen LogP contribution in [0.4, 0.5) is 5.69 Å². The summed E-state index contributed by atoms with van der Waals surface area (Å²) in [5.74, 6) is -1.13. The van der Waals surface area contributed by atoms with Crippen molar-refractivity contribution in [3.63, 3.8) is 0 Å². The molecular formula is C12H14N2O3S. The second-order valence-electron chi connectivity index (χ2n) is 3.63. The highest BCUT2D eigenvalue weighted by atomic mass is 32.1. The number of anilines is 1. The number of hydrogen-bond donors (Lipinski definition) is 3. The van der Waals surface area contributed by atoms with Crippen LogP contribution in [0, 0.1) is 0 Å². The Hall–Kier alpha value is -1.95. The largest absolute Gasteiger partial charge is 0.478 e. The minimum Gasteiger partial charge on any atom is -0.478 e. The van der Waals surface area contributed by atoms with Gasteiger partial charge in [0.05, 0.1) is 5.56 Å². The number of carboxylic acid groups (broad SMARTS) is 1. The Labute approximate surface area is 110 Å². The minimum absolute atomic E-state index is 0.142. The van der Waals surface area contributed by atoms with Gasteiger partial charge in [0.1, 0.15) is 0 Å². The summed E-state index contributed by atoms with van der Waals surface area (Å²) in [6.45, 7) is 1.90. The molecule has 3 N–H and O–H groups in total. The molecule has 6 heteroatoms. The van der Waals surface area contributed by atoms with E-state index in [2.05, 4.69) is 10.6 Å². The Morgan fingerprint density at radius 1 is 1.28 bits per heavy atom. The zero-order valence-corrected chi connectivity index (χ0v) is 10.7. The lowest BCUT2D eigenvalue weighted by Gasteiger charge is -2.09. The molecule has 0 radical (unpaired) electrons. The Kier molecular flexibility index (Phi) is 5.26. The number of carbonyl (C=O) groups excluding carboxylic acids is 1. The van der Waals surface area contributed by atoms with Gasteiger partial charge in [-0.3, -0.25) is 4.79 Å². The van der Waals surface area contributed by atoms with Crippen molar-refractivity contribution in [2.45, 2.75) is 19.8 Å². The van der Waals surface area contributed by atoms with E-state index in [0.717, 1.165) is 6.42 Å². The third kappa shape index (κ3) is 4.50. The molecule has 1 amide bonds. The number of nitrogens with one attached hydrogen (secondary N) is 2. The molecule has 0 heterocycles. The van der Waals surface area contributed by atoms with E-state index in [9.17, 15) is 9.59 Å². The summed E-state index contributed by atoms with van der Waals surface area (Å²) >= 11 is 4.95. The van der Waals surface area contributed by atoms with E-state index in [1.165, 1.54) is 12.1 Å². The second-order valence-corrected chi connectivity index (χ2v) is 4.04. The lowest BCUT2D eigenvalue weighted by Crippen LogP contribution is -2.33. The summed E-state index contributed by atoms with van der Waals surface area (Å²) in [6, 6.07) is 6.09. The summed E-state index contributed by atoms with van der Waals surface area (Å²) in [5.41, 5.74) is 0.822. The van der Waals surface area contributed by atoms with Crippen molar-refractivity contribution in [1.82, 2.24) is 5.32 Å². The molecular weight excluding hydrogens is 252 g/mol. The van der Waals surface area contributed by atoms with E-state index < -0.39 is 5.97 Å². The van der Waals surface area contributed by atoms with Gasteiger partial charge in [-0.05, 0) is 42.9 Å². The fraction of sp³-hybridized carbons (Fsp3) is 0.250. The Bertz CT molecular complexity index is 457. The van der Waals surface area contributed by atoms with Crippen LogP contribution in [0.2, 0.25) is 0 Å². The van der Waals surface area contributed by atoms with Gasteiger partial charge in [0.25, 0.3) is 0 Å². The molecule has 0 atom stereocenters. The van der Waals surface area contributed by atoms with Crippen LogP contribution >= 0.6 is 12.2 Å². The van der Waals surface area contributed by atoms with Crippen molar-refractivity contribution in [2.24, 2.45) is 0 Å². The standard InChI is InChI=1S/C12H14N2O3S/c1-2-3-10(15)14-12(18)13-9-6-4-8(5-7-9)11(16)17/h4-7H,2-3H2,1H3,(H,16,17)(H2,13,14,15,18). The maximum absolute atomic E-state index is 11.3. The van der Waals surface area contributed by atoms with Crippen molar-refractivity contribution in [3.05, 3.63) is 29.8 Å². The smallest absolute Gasteiger partial charge is 0.335 e. The average molecular weight is 266 g/mol. The zero-order valence-electron chi connectivity index (χ0n) is 9.90. The first-order valence-corrected chi connectivity index (χ1v) is 5.88. The van der Waals surface area contributed by atoms with Crippen LogP contribution < -0.4 is 10.6 Å². The Morgan fingerprint density at radius 3 is 2.39 bits per heavy atom. The SMILES string of the molecule is CCCC(=O)NC(=S)Nc1ccc(C(=O)O)cc1. The van der Waals surface area contributed by atoms with Gasteiger partial charge in [-0.25, -0.2) is 4.79 Å². The highest BCUT2D eigenvalue weighted by Gasteiger charge is 2.05. The number of rotatable bonds is 4. The topological polar surface area (TPSA) is 78.4 Å². The van der Waals surface area contributed by atoms with Crippen LogP contribution in [0.25, 0.3) is 0 Å². The summed E-state index contributed by atoms with van der Waals surface area (Å²) in [4.78, 5) is 21.9. The molecule has 1 rings (SSSR count). The molecule has 1 aromatic rings. The number of thiocarbonyl (C=S) groups is 1. The van der Waals surface area contributed by atoms with Crippen LogP contribution in [0.1, 0.15) is 30.1 Å². The third-order valence-electron chi connectivity index (χ3n) is 2.12. The van der Waals surface area contributed by atoms with Gasteiger partial charge in [0.15, 0.2) is 5.11 Å². The molecule has 0 spiro atoms. The van der Waals surface area contributed by atoms with Crippen molar-refractivity contribution in [2.75, 3.05) is 5.32 Å². The molecule has 0 saturated carbocycles. The molecule has 0 saturated heterocycles.